The number of nitrogens with zero attached hydrogens (tertiary/aromatic N) is 2. The van der Waals surface area contributed by atoms with E-state index in [1.807, 2.05) is 13.8 Å². The van der Waals surface area contributed by atoms with E-state index < -0.39 is 0 Å². The Hall–Kier alpha value is -1.32. The van der Waals surface area contributed by atoms with Crippen molar-refractivity contribution in [3.63, 3.8) is 0 Å². The minimum atomic E-state index is -0.0695. The Morgan fingerprint density at radius 2 is 2.00 bits per heavy atom. The van der Waals surface area contributed by atoms with Crippen LogP contribution in [0.4, 0.5) is 0 Å². The largest absolute Gasteiger partial charge is 0.292 e. The zero-order valence-corrected chi connectivity index (χ0v) is 13.2. The summed E-state index contributed by atoms with van der Waals surface area (Å²) in [5, 5.41) is 5.31. The van der Waals surface area contributed by atoms with Crippen LogP contribution < -0.4 is 0 Å². The van der Waals surface area contributed by atoms with Crippen molar-refractivity contribution in [2.75, 3.05) is 0 Å². The molecule has 0 N–H and O–H groups in total. The van der Waals surface area contributed by atoms with Gasteiger partial charge in [-0.05, 0) is 44.0 Å². The lowest BCUT2D eigenvalue weighted by Gasteiger charge is -2.06. The molecule has 0 fully saturated rings. The molecule has 106 valence electrons. The summed E-state index contributed by atoms with van der Waals surface area (Å²) in [7, 11) is 0. The second-order valence-corrected chi connectivity index (χ2v) is 5.55. The van der Waals surface area contributed by atoms with E-state index in [-0.39, 0.29) is 12.3 Å². The van der Waals surface area contributed by atoms with Gasteiger partial charge in [0, 0.05) is 16.3 Å². The van der Waals surface area contributed by atoms with Gasteiger partial charge in [-0.2, -0.15) is 5.10 Å². The zero-order chi connectivity index (χ0) is 14.9. The van der Waals surface area contributed by atoms with E-state index in [1.165, 1.54) is 5.56 Å². The predicted octanol–water partition coefficient (Wildman–Crippen LogP) is 4.25. The monoisotopic (exact) mass is 310 g/mol. The van der Waals surface area contributed by atoms with Gasteiger partial charge < -0.3 is 0 Å². The Labute approximate surface area is 128 Å². The molecular formula is C15H16Cl2N2O. The Morgan fingerprint density at radius 1 is 1.30 bits per heavy atom. The lowest BCUT2D eigenvalue weighted by Crippen LogP contribution is -2.13. The third-order valence-electron chi connectivity index (χ3n) is 3.41. The van der Waals surface area contributed by atoms with Crippen molar-refractivity contribution in [1.82, 2.24) is 9.78 Å². The third kappa shape index (κ3) is 2.89. The smallest absolute Gasteiger partial charge is 0.185 e. The van der Waals surface area contributed by atoms with Crippen LogP contribution in [0.25, 0.3) is 0 Å². The highest BCUT2D eigenvalue weighted by atomic mass is 35.5. The molecule has 0 aliphatic heterocycles. The lowest BCUT2D eigenvalue weighted by molar-refractivity contribution is 0.0967. The molecule has 2 aromatic rings. The maximum Gasteiger partial charge on any atom is 0.185 e. The standard InChI is InChI=1S/C15H16Cl2N2O/c1-4-12-9(2)18-19(10(12)3)8-15(20)13-6-5-11(16)7-14(13)17/h5-7H,4,8H2,1-3H3. The van der Waals surface area contributed by atoms with Gasteiger partial charge in [0.25, 0.3) is 0 Å². The van der Waals surface area contributed by atoms with Gasteiger partial charge in [0.05, 0.1) is 10.7 Å². The highest BCUT2D eigenvalue weighted by Gasteiger charge is 2.15. The zero-order valence-electron chi connectivity index (χ0n) is 11.7. The van der Waals surface area contributed by atoms with E-state index in [9.17, 15) is 4.79 Å². The summed E-state index contributed by atoms with van der Waals surface area (Å²) in [5.41, 5.74) is 3.67. The summed E-state index contributed by atoms with van der Waals surface area (Å²) >= 11 is 11.9. The van der Waals surface area contributed by atoms with E-state index >= 15 is 0 Å². The Morgan fingerprint density at radius 3 is 2.55 bits per heavy atom. The molecule has 20 heavy (non-hydrogen) atoms. The van der Waals surface area contributed by atoms with Crippen molar-refractivity contribution in [3.8, 4) is 0 Å². The minimum absolute atomic E-state index is 0.0695. The molecule has 0 unspecified atom stereocenters. The normalized spacial score (nSPS) is 10.8. The number of halogens is 2. The van der Waals surface area contributed by atoms with Crippen LogP contribution in [0.3, 0.4) is 0 Å². The second kappa shape index (κ2) is 5.98. The van der Waals surface area contributed by atoms with E-state index in [0.29, 0.717) is 15.6 Å². The third-order valence-corrected chi connectivity index (χ3v) is 3.96. The van der Waals surface area contributed by atoms with Crippen LogP contribution in [0.5, 0.6) is 0 Å². The Balaban J connectivity index is 2.28. The number of aryl methyl sites for hydroxylation is 1. The number of hydrogen-bond donors (Lipinski definition) is 0. The number of carbonyl (C=O) groups is 1. The van der Waals surface area contributed by atoms with Crippen molar-refractivity contribution >= 4 is 29.0 Å². The Bertz CT molecular complexity index is 662. The summed E-state index contributed by atoms with van der Waals surface area (Å²) in [4.78, 5) is 12.3. The Kier molecular flexibility index (Phi) is 4.51. The van der Waals surface area contributed by atoms with Crippen molar-refractivity contribution < 1.29 is 4.79 Å². The molecule has 1 aromatic carbocycles. The van der Waals surface area contributed by atoms with Crippen molar-refractivity contribution in [1.29, 1.82) is 0 Å². The van der Waals surface area contributed by atoms with Crippen LogP contribution in [0.2, 0.25) is 10.0 Å². The average molecular weight is 311 g/mol. The summed E-state index contributed by atoms with van der Waals surface area (Å²) in [5.74, 6) is -0.0695. The van der Waals surface area contributed by atoms with Gasteiger partial charge in [0.2, 0.25) is 0 Å². The number of benzene rings is 1. The molecule has 1 aromatic heterocycles. The molecule has 0 spiro atoms. The highest BCUT2D eigenvalue weighted by molar-refractivity contribution is 6.36. The SMILES string of the molecule is CCc1c(C)nn(CC(=O)c2ccc(Cl)cc2Cl)c1C. The lowest BCUT2D eigenvalue weighted by atomic mass is 10.1. The van der Waals surface area contributed by atoms with Gasteiger partial charge >= 0.3 is 0 Å². The molecule has 0 radical (unpaired) electrons. The highest BCUT2D eigenvalue weighted by Crippen LogP contribution is 2.22. The van der Waals surface area contributed by atoms with Crippen molar-refractivity contribution in [3.05, 3.63) is 50.8 Å². The number of aromatic nitrogens is 2. The molecule has 0 aliphatic carbocycles. The molecular weight excluding hydrogens is 295 g/mol. The summed E-state index contributed by atoms with van der Waals surface area (Å²) < 4.78 is 1.74. The van der Waals surface area contributed by atoms with Gasteiger partial charge in [0.1, 0.15) is 6.54 Å². The van der Waals surface area contributed by atoms with Crippen molar-refractivity contribution in [2.24, 2.45) is 0 Å². The first-order valence-electron chi connectivity index (χ1n) is 6.45. The van der Waals surface area contributed by atoms with Crippen LogP contribution in [-0.4, -0.2) is 15.6 Å². The first-order valence-corrected chi connectivity index (χ1v) is 7.20. The van der Waals surface area contributed by atoms with Crippen LogP contribution in [0, 0.1) is 13.8 Å². The summed E-state index contributed by atoms with van der Waals surface area (Å²) in [6, 6.07) is 4.90. The number of ketones is 1. The molecule has 0 saturated heterocycles. The molecule has 0 saturated carbocycles. The van der Waals surface area contributed by atoms with Crippen LogP contribution in [0.15, 0.2) is 18.2 Å². The number of hydrogen-bond acceptors (Lipinski definition) is 2. The molecule has 5 heteroatoms. The topological polar surface area (TPSA) is 34.9 Å². The molecule has 3 nitrogen and oxygen atoms in total. The number of Topliss-reactive ketones (excluding diaryl/α,β-unsaturated/α-hetero) is 1. The van der Waals surface area contributed by atoms with Crippen LogP contribution >= 0.6 is 23.2 Å². The molecule has 0 aliphatic rings. The van der Waals surface area contributed by atoms with Gasteiger partial charge in [-0.1, -0.05) is 30.1 Å². The fourth-order valence-corrected chi connectivity index (χ4v) is 2.85. The molecule has 2 rings (SSSR count). The van der Waals surface area contributed by atoms with Gasteiger partial charge in [-0.15, -0.1) is 0 Å². The first-order chi connectivity index (χ1) is 9.43. The maximum absolute atomic E-state index is 12.3. The predicted molar refractivity (Wildman–Crippen MR) is 81.9 cm³/mol. The number of rotatable bonds is 4. The van der Waals surface area contributed by atoms with E-state index in [1.54, 1.807) is 22.9 Å². The maximum atomic E-state index is 12.3. The molecule has 0 atom stereocenters. The average Bonchev–Trinajstić information content (AvgIpc) is 2.63. The fraction of sp³-hybridized carbons (Fsp3) is 0.333. The van der Waals surface area contributed by atoms with Crippen LogP contribution in [-0.2, 0) is 13.0 Å². The molecule has 1 heterocycles. The van der Waals surface area contributed by atoms with Crippen LogP contribution in [0.1, 0.15) is 34.2 Å². The van der Waals surface area contributed by atoms with Gasteiger partial charge in [0.15, 0.2) is 5.78 Å². The second-order valence-electron chi connectivity index (χ2n) is 4.71. The van der Waals surface area contributed by atoms with Crippen molar-refractivity contribution in [2.45, 2.75) is 33.7 Å². The summed E-state index contributed by atoms with van der Waals surface area (Å²) in [6.07, 6.45) is 0.910. The van der Waals surface area contributed by atoms with E-state index in [4.69, 9.17) is 23.2 Å². The van der Waals surface area contributed by atoms with E-state index in [0.717, 1.165) is 17.8 Å². The number of carbonyl (C=O) groups excluding carboxylic acids is 1. The minimum Gasteiger partial charge on any atom is -0.292 e. The molecule has 0 amide bonds. The van der Waals surface area contributed by atoms with E-state index in [2.05, 4.69) is 12.0 Å². The fourth-order valence-electron chi connectivity index (χ4n) is 2.34. The molecule has 0 bridgehead atoms. The van der Waals surface area contributed by atoms with Gasteiger partial charge in [-0.3, -0.25) is 9.48 Å². The van der Waals surface area contributed by atoms with Gasteiger partial charge in [-0.25, -0.2) is 0 Å². The summed E-state index contributed by atoms with van der Waals surface area (Å²) in [6.45, 7) is 6.21. The quantitative estimate of drug-likeness (QED) is 0.791. The first kappa shape index (κ1) is 15.1.